The molecule has 1 saturated heterocycles. The van der Waals surface area contributed by atoms with Gasteiger partial charge in [-0.05, 0) is 31.0 Å². The number of para-hydroxylation sites is 1. The second-order valence-corrected chi connectivity index (χ2v) is 6.58. The molecule has 0 aliphatic carbocycles. The van der Waals surface area contributed by atoms with Crippen molar-refractivity contribution in [3.05, 3.63) is 66.2 Å². The second-order valence-electron chi connectivity index (χ2n) is 6.58. The summed E-state index contributed by atoms with van der Waals surface area (Å²) in [5.74, 6) is -0.920. The summed E-state index contributed by atoms with van der Waals surface area (Å²) >= 11 is 0. The number of imide groups is 1. The summed E-state index contributed by atoms with van der Waals surface area (Å²) in [5, 5.41) is 3.54. The van der Waals surface area contributed by atoms with Gasteiger partial charge in [0, 0.05) is 12.2 Å². The van der Waals surface area contributed by atoms with E-state index >= 15 is 0 Å². The van der Waals surface area contributed by atoms with E-state index in [1.54, 1.807) is 12.1 Å². The lowest BCUT2D eigenvalue weighted by atomic mass is 9.87. The van der Waals surface area contributed by atoms with Crippen molar-refractivity contribution in [3.63, 3.8) is 0 Å². The fraction of sp³-hybridized carbons (Fsp3) is 0.286. The molecule has 1 fully saturated rings. The highest BCUT2D eigenvalue weighted by Gasteiger charge is 2.52. The van der Waals surface area contributed by atoms with Crippen molar-refractivity contribution in [2.45, 2.75) is 25.8 Å². The molecule has 4 amide bonds. The van der Waals surface area contributed by atoms with Crippen molar-refractivity contribution in [3.8, 4) is 0 Å². The molecule has 28 heavy (non-hydrogen) atoms. The number of hydrazine groups is 1. The summed E-state index contributed by atoms with van der Waals surface area (Å²) in [6.07, 6.45) is 0.374. The number of rotatable bonds is 7. The van der Waals surface area contributed by atoms with Crippen LogP contribution in [0.4, 0.5) is 10.5 Å². The van der Waals surface area contributed by atoms with Crippen LogP contribution < -0.4 is 15.6 Å². The first-order chi connectivity index (χ1) is 13.5. The number of amides is 4. The van der Waals surface area contributed by atoms with Crippen LogP contribution in [-0.4, -0.2) is 35.9 Å². The van der Waals surface area contributed by atoms with E-state index in [9.17, 15) is 14.4 Å². The van der Waals surface area contributed by atoms with Crippen molar-refractivity contribution < 1.29 is 14.4 Å². The first kappa shape index (κ1) is 19.4. The van der Waals surface area contributed by atoms with Crippen LogP contribution in [0.2, 0.25) is 0 Å². The molecule has 2 N–H and O–H groups in total. The molecule has 2 aromatic rings. The first-order valence-corrected chi connectivity index (χ1v) is 9.33. The lowest BCUT2D eigenvalue weighted by molar-refractivity contribution is -0.139. The smallest absolute Gasteiger partial charge is 0.344 e. The average Bonchev–Trinajstić information content (AvgIpc) is 2.98. The number of benzene rings is 2. The van der Waals surface area contributed by atoms with Crippen molar-refractivity contribution in [1.82, 2.24) is 15.8 Å². The third-order valence-electron chi connectivity index (χ3n) is 4.96. The van der Waals surface area contributed by atoms with Gasteiger partial charge in [-0.3, -0.25) is 15.0 Å². The van der Waals surface area contributed by atoms with Crippen molar-refractivity contribution >= 4 is 23.5 Å². The lowest BCUT2D eigenvalue weighted by Crippen LogP contribution is -2.51. The predicted octanol–water partition coefficient (Wildman–Crippen LogP) is 2.40. The highest BCUT2D eigenvalue weighted by atomic mass is 16.2. The largest absolute Gasteiger partial charge is 0.362 e. The predicted molar refractivity (Wildman–Crippen MR) is 106 cm³/mol. The van der Waals surface area contributed by atoms with Crippen LogP contribution in [-0.2, 0) is 15.1 Å². The van der Waals surface area contributed by atoms with Crippen LogP contribution in [0.15, 0.2) is 60.7 Å². The van der Waals surface area contributed by atoms with Crippen molar-refractivity contribution in [2.75, 3.05) is 18.0 Å². The van der Waals surface area contributed by atoms with E-state index < -0.39 is 23.4 Å². The molecule has 0 bridgehead atoms. The highest BCUT2D eigenvalue weighted by Crippen LogP contribution is 2.31. The Balaban J connectivity index is 1.74. The lowest BCUT2D eigenvalue weighted by Gasteiger charge is -2.26. The number of nitrogens with one attached hydrogen (secondary N) is 2. The number of carbonyl (C=O) groups is 3. The van der Waals surface area contributed by atoms with E-state index in [2.05, 4.69) is 10.7 Å². The zero-order chi connectivity index (χ0) is 20.1. The molecule has 2 aromatic carbocycles. The Morgan fingerprint density at radius 1 is 1.04 bits per heavy atom. The SMILES string of the molecule is CCN(CC(=O)NN1C(=O)NC(CC)(c2ccccc2)C1=O)c1ccccc1. The van der Waals surface area contributed by atoms with Gasteiger partial charge in [0.15, 0.2) is 0 Å². The number of hydrogen-bond donors (Lipinski definition) is 2. The summed E-state index contributed by atoms with van der Waals surface area (Å²) in [6.45, 7) is 4.40. The summed E-state index contributed by atoms with van der Waals surface area (Å²) in [6, 6.07) is 17.9. The third kappa shape index (κ3) is 3.55. The minimum Gasteiger partial charge on any atom is -0.362 e. The van der Waals surface area contributed by atoms with Gasteiger partial charge in [0.25, 0.3) is 11.8 Å². The van der Waals surface area contributed by atoms with Gasteiger partial charge >= 0.3 is 6.03 Å². The van der Waals surface area contributed by atoms with Crippen LogP contribution in [0.1, 0.15) is 25.8 Å². The molecule has 1 atom stereocenters. The monoisotopic (exact) mass is 380 g/mol. The Labute approximate surface area is 164 Å². The molecule has 1 heterocycles. The topological polar surface area (TPSA) is 81.8 Å². The molecule has 1 aliphatic rings. The Morgan fingerprint density at radius 2 is 1.64 bits per heavy atom. The van der Waals surface area contributed by atoms with Crippen molar-refractivity contribution in [2.24, 2.45) is 0 Å². The zero-order valence-corrected chi connectivity index (χ0v) is 16.0. The standard InChI is InChI=1S/C21H24N4O3/c1-3-21(16-11-7-5-8-12-16)19(27)25(20(28)22-21)23-18(26)15-24(4-2)17-13-9-6-10-14-17/h5-14H,3-4,15H2,1-2H3,(H,22,28)(H,23,26). The Hall–Kier alpha value is -3.35. The Morgan fingerprint density at radius 3 is 2.21 bits per heavy atom. The summed E-state index contributed by atoms with van der Waals surface area (Å²) < 4.78 is 0. The summed E-state index contributed by atoms with van der Waals surface area (Å²) in [7, 11) is 0. The van der Waals surface area contributed by atoms with Gasteiger partial charge in [-0.2, -0.15) is 5.01 Å². The minimum atomic E-state index is -1.17. The molecule has 0 radical (unpaired) electrons. The Bertz CT molecular complexity index is 856. The maximum atomic E-state index is 13.0. The quantitative estimate of drug-likeness (QED) is 0.723. The molecular formula is C21H24N4O3. The van der Waals surface area contributed by atoms with Gasteiger partial charge in [-0.15, -0.1) is 0 Å². The van der Waals surface area contributed by atoms with Gasteiger partial charge in [-0.25, -0.2) is 4.79 Å². The molecular weight excluding hydrogens is 356 g/mol. The first-order valence-electron chi connectivity index (χ1n) is 9.33. The van der Waals surface area contributed by atoms with Crippen LogP contribution in [0.25, 0.3) is 0 Å². The fourth-order valence-corrected chi connectivity index (χ4v) is 3.40. The zero-order valence-electron chi connectivity index (χ0n) is 16.0. The maximum absolute atomic E-state index is 13.0. The molecule has 0 spiro atoms. The fourth-order valence-electron chi connectivity index (χ4n) is 3.40. The molecule has 3 rings (SSSR count). The molecule has 146 valence electrons. The van der Waals surface area contributed by atoms with Gasteiger partial charge in [0.2, 0.25) is 0 Å². The van der Waals surface area contributed by atoms with E-state index in [-0.39, 0.29) is 6.54 Å². The number of likely N-dealkylation sites (N-methyl/N-ethyl adjacent to an activating group) is 1. The van der Waals surface area contributed by atoms with Crippen LogP contribution >= 0.6 is 0 Å². The van der Waals surface area contributed by atoms with E-state index in [1.165, 1.54) is 0 Å². The molecule has 7 nitrogen and oxygen atoms in total. The van der Waals surface area contributed by atoms with E-state index in [1.807, 2.05) is 67.3 Å². The highest BCUT2D eigenvalue weighted by molar-refractivity contribution is 6.08. The molecule has 0 saturated carbocycles. The molecule has 7 heteroatoms. The summed E-state index contributed by atoms with van der Waals surface area (Å²) in [4.78, 5) is 39.9. The molecule has 0 aromatic heterocycles. The maximum Gasteiger partial charge on any atom is 0.344 e. The normalized spacial score (nSPS) is 18.7. The summed E-state index contributed by atoms with van der Waals surface area (Å²) in [5.41, 5.74) is 2.87. The van der Waals surface area contributed by atoms with Gasteiger partial charge < -0.3 is 10.2 Å². The van der Waals surface area contributed by atoms with Gasteiger partial charge in [0.1, 0.15) is 5.54 Å². The van der Waals surface area contributed by atoms with Crippen molar-refractivity contribution in [1.29, 1.82) is 0 Å². The molecule has 1 unspecified atom stereocenters. The van der Waals surface area contributed by atoms with Crippen LogP contribution in [0.3, 0.4) is 0 Å². The Kier molecular flexibility index (Phi) is 5.63. The minimum absolute atomic E-state index is 0.0298. The number of urea groups is 1. The third-order valence-corrected chi connectivity index (χ3v) is 4.96. The number of anilines is 1. The van der Waals surface area contributed by atoms with Gasteiger partial charge in [-0.1, -0.05) is 55.5 Å². The number of hydrogen-bond acceptors (Lipinski definition) is 4. The van der Waals surface area contributed by atoms with E-state index in [4.69, 9.17) is 0 Å². The van der Waals surface area contributed by atoms with E-state index in [0.29, 0.717) is 18.5 Å². The average molecular weight is 380 g/mol. The van der Waals surface area contributed by atoms with Crippen LogP contribution in [0.5, 0.6) is 0 Å². The van der Waals surface area contributed by atoms with Gasteiger partial charge in [0.05, 0.1) is 6.54 Å². The second kappa shape index (κ2) is 8.12. The number of carbonyl (C=O) groups excluding carboxylic acids is 3. The molecule has 1 aliphatic heterocycles. The van der Waals surface area contributed by atoms with Crippen LogP contribution in [0, 0.1) is 0 Å². The number of nitrogens with zero attached hydrogens (tertiary/aromatic N) is 2. The van der Waals surface area contributed by atoms with E-state index in [0.717, 1.165) is 10.7 Å².